The van der Waals surface area contributed by atoms with E-state index in [-0.39, 0.29) is 12.3 Å². The van der Waals surface area contributed by atoms with Gasteiger partial charge in [-0.3, -0.25) is 4.79 Å². The number of urea groups is 1. The van der Waals surface area contributed by atoms with Gasteiger partial charge in [0.25, 0.3) is 0 Å². The molecule has 0 saturated heterocycles. The minimum atomic E-state index is -0.640. The van der Waals surface area contributed by atoms with Crippen molar-refractivity contribution in [2.24, 2.45) is 5.73 Å². The molecule has 8 heteroatoms. The monoisotopic (exact) mass is 408 g/mol. The number of nitrogens with two attached hydrogens (primary N) is 1. The van der Waals surface area contributed by atoms with Crippen molar-refractivity contribution in [3.63, 3.8) is 0 Å². The van der Waals surface area contributed by atoms with Crippen molar-refractivity contribution in [1.82, 2.24) is 15.1 Å². The van der Waals surface area contributed by atoms with Crippen LogP contribution in [0.25, 0.3) is 0 Å². The van der Waals surface area contributed by atoms with Crippen LogP contribution >= 0.6 is 22.9 Å². The molecule has 0 spiro atoms. The smallest absolute Gasteiger partial charge is 0.312 e. The standard InChI is InChI=1S/C19H25ClN4O2S/c1-23(2)9-10-24(13-14-5-7-15(20)8-6-14)18(25)12-16(22-19(21)26)17-4-3-11-27-17/h3-8,11,16H,9-10,12-13H2,1-2H3,(H3,21,22,26). The number of carbonyl (C=O) groups is 2. The van der Waals surface area contributed by atoms with Crippen molar-refractivity contribution in [3.8, 4) is 0 Å². The summed E-state index contributed by atoms with van der Waals surface area (Å²) in [6.07, 6.45) is 0.157. The van der Waals surface area contributed by atoms with E-state index in [0.29, 0.717) is 18.1 Å². The minimum absolute atomic E-state index is 0.0426. The van der Waals surface area contributed by atoms with Gasteiger partial charge in [0.05, 0.1) is 12.5 Å². The summed E-state index contributed by atoms with van der Waals surface area (Å²) in [7, 11) is 3.93. The van der Waals surface area contributed by atoms with Gasteiger partial charge in [0, 0.05) is 29.5 Å². The van der Waals surface area contributed by atoms with Crippen molar-refractivity contribution >= 4 is 34.9 Å². The average Bonchev–Trinajstić information content (AvgIpc) is 3.13. The lowest BCUT2D eigenvalue weighted by atomic mass is 10.1. The number of thiophene rings is 1. The van der Waals surface area contributed by atoms with Gasteiger partial charge in [-0.2, -0.15) is 0 Å². The maximum atomic E-state index is 13.0. The fourth-order valence-electron chi connectivity index (χ4n) is 2.61. The fraction of sp³-hybridized carbons (Fsp3) is 0.368. The molecule has 1 heterocycles. The number of benzene rings is 1. The van der Waals surface area contributed by atoms with Gasteiger partial charge in [-0.15, -0.1) is 11.3 Å². The van der Waals surface area contributed by atoms with E-state index in [1.165, 1.54) is 11.3 Å². The molecule has 0 bridgehead atoms. The molecule has 2 rings (SSSR count). The summed E-state index contributed by atoms with van der Waals surface area (Å²) in [5.74, 6) is -0.0426. The Morgan fingerprint density at radius 1 is 1.19 bits per heavy atom. The molecule has 1 aromatic heterocycles. The molecule has 3 N–H and O–H groups in total. The normalized spacial score (nSPS) is 12.0. The maximum Gasteiger partial charge on any atom is 0.312 e. The number of primary amides is 1. The maximum absolute atomic E-state index is 13.0. The van der Waals surface area contributed by atoms with Crippen LogP contribution in [0.1, 0.15) is 22.9 Å². The molecule has 0 radical (unpaired) electrons. The third kappa shape index (κ3) is 7.21. The summed E-state index contributed by atoms with van der Waals surface area (Å²) in [5, 5.41) is 5.25. The fourth-order valence-corrected chi connectivity index (χ4v) is 3.51. The SMILES string of the molecule is CN(C)CCN(Cc1ccc(Cl)cc1)C(=O)CC(NC(N)=O)c1cccs1. The van der Waals surface area contributed by atoms with Crippen molar-refractivity contribution in [1.29, 1.82) is 0 Å². The molecule has 1 aromatic carbocycles. The summed E-state index contributed by atoms with van der Waals surface area (Å²) >= 11 is 7.44. The molecule has 27 heavy (non-hydrogen) atoms. The van der Waals surface area contributed by atoms with Crippen molar-refractivity contribution in [2.45, 2.75) is 19.0 Å². The zero-order valence-electron chi connectivity index (χ0n) is 15.5. The first kappa shape index (κ1) is 21.2. The van der Waals surface area contributed by atoms with E-state index >= 15 is 0 Å². The van der Waals surface area contributed by atoms with E-state index in [1.54, 1.807) is 4.90 Å². The van der Waals surface area contributed by atoms with Gasteiger partial charge in [-0.05, 0) is 43.2 Å². The lowest BCUT2D eigenvalue weighted by Gasteiger charge is -2.26. The van der Waals surface area contributed by atoms with Gasteiger partial charge in [0.2, 0.25) is 5.91 Å². The molecule has 0 aliphatic rings. The summed E-state index contributed by atoms with van der Waals surface area (Å²) in [4.78, 5) is 29.1. The molecule has 6 nitrogen and oxygen atoms in total. The lowest BCUT2D eigenvalue weighted by molar-refractivity contribution is -0.132. The Balaban J connectivity index is 2.12. The third-order valence-corrected chi connectivity index (χ3v) is 5.28. The third-order valence-electron chi connectivity index (χ3n) is 4.04. The number of halogens is 1. The second-order valence-corrected chi connectivity index (χ2v) is 7.94. The Kier molecular flexibility index (Phi) is 8.09. The van der Waals surface area contributed by atoms with Gasteiger partial charge in [0.1, 0.15) is 0 Å². The van der Waals surface area contributed by atoms with E-state index in [2.05, 4.69) is 5.32 Å². The van der Waals surface area contributed by atoms with Crippen LogP contribution in [0.4, 0.5) is 4.79 Å². The summed E-state index contributed by atoms with van der Waals surface area (Å²) in [6, 6.07) is 10.2. The highest BCUT2D eigenvalue weighted by molar-refractivity contribution is 7.10. The predicted octanol–water partition coefficient (Wildman–Crippen LogP) is 3.09. The van der Waals surface area contributed by atoms with E-state index < -0.39 is 12.1 Å². The summed E-state index contributed by atoms with van der Waals surface area (Å²) < 4.78 is 0. The Hall–Kier alpha value is -2.09. The Bertz CT molecular complexity index is 735. The van der Waals surface area contributed by atoms with E-state index in [0.717, 1.165) is 17.0 Å². The molecule has 2 aromatic rings. The van der Waals surface area contributed by atoms with Crippen molar-refractivity contribution in [2.75, 3.05) is 27.2 Å². The molecular formula is C19H25ClN4O2S. The van der Waals surface area contributed by atoms with Crippen LogP contribution in [0, 0.1) is 0 Å². The molecule has 3 amide bonds. The number of nitrogens with one attached hydrogen (secondary N) is 1. The first-order valence-electron chi connectivity index (χ1n) is 8.61. The summed E-state index contributed by atoms with van der Waals surface area (Å²) in [6.45, 7) is 1.81. The first-order chi connectivity index (χ1) is 12.8. The lowest BCUT2D eigenvalue weighted by Crippen LogP contribution is -2.40. The number of nitrogens with zero attached hydrogens (tertiary/aromatic N) is 2. The highest BCUT2D eigenvalue weighted by Crippen LogP contribution is 2.23. The first-order valence-corrected chi connectivity index (χ1v) is 9.87. The Morgan fingerprint density at radius 2 is 1.89 bits per heavy atom. The molecule has 0 saturated carbocycles. The van der Waals surface area contributed by atoms with Crippen LogP contribution in [-0.4, -0.2) is 48.9 Å². The van der Waals surface area contributed by atoms with E-state index in [1.807, 2.05) is 60.8 Å². The second kappa shape index (κ2) is 10.3. The zero-order valence-corrected chi connectivity index (χ0v) is 17.1. The molecular weight excluding hydrogens is 384 g/mol. The average molecular weight is 409 g/mol. The van der Waals surface area contributed by atoms with Crippen LogP contribution < -0.4 is 11.1 Å². The van der Waals surface area contributed by atoms with E-state index in [9.17, 15) is 9.59 Å². The number of hydrogen-bond acceptors (Lipinski definition) is 4. The molecule has 0 aliphatic heterocycles. The molecule has 0 fully saturated rings. The zero-order chi connectivity index (χ0) is 19.8. The van der Waals surface area contributed by atoms with Crippen LogP contribution in [0.2, 0.25) is 5.02 Å². The number of amides is 3. The van der Waals surface area contributed by atoms with Gasteiger partial charge in [0.15, 0.2) is 0 Å². The summed E-state index contributed by atoms with van der Waals surface area (Å²) in [5.41, 5.74) is 6.30. The minimum Gasteiger partial charge on any atom is -0.352 e. The topological polar surface area (TPSA) is 78.7 Å². The number of carbonyl (C=O) groups excluding carboxylic acids is 2. The van der Waals surface area contributed by atoms with Crippen LogP contribution in [0.5, 0.6) is 0 Å². The van der Waals surface area contributed by atoms with Crippen LogP contribution in [0.3, 0.4) is 0 Å². The predicted molar refractivity (Wildman–Crippen MR) is 110 cm³/mol. The van der Waals surface area contributed by atoms with Gasteiger partial charge >= 0.3 is 6.03 Å². The highest BCUT2D eigenvalue weighted by atomic mass is 35.5. The number of likely N-dealkylation sites (N-methyl/N-ethyl adjacent to an activating group) is 1. The Morgan fingerprint density at radius 3 is 2.44 bits per heavy atom. The number of hydrogen-bond donors (Lipinski definition) is 2. The molecule has 146 valence electrons. The van der Waals surface area contributed by atoms with E-state index in [4.69, 9.17) is 17.3 Å². The van der Waals surface area contributed by atoms with Gasteiger partial charge in [-0.25, -0.2) is 4.79 Å². The quantitative estimate of drug-likeness (QED) is 0.669. The molecule has 1 atom stereocenters. The number of rotatable bonds is 9. The van der Waals surface area contributed by atoms with Gasteiger partial charge < -0.3 is 20.9 Å². The second-order valence-electron chi connectivity index (χ2n) is 6.53. The largest absolute Gasteiger partial charge is 0.352 e. The highest BCUT2D eigenvalue weighted by Gasteiger charge is 2.22. The van der Waals surface area contributed by atoms with Crippen molar-refractivity contribution in [3.05, 3.63) is 57.2 Å². The molecule has 1 unspecified atom stereocenters. The van der Waals surface area contributed by atoms with Crippen molar-refractivity contribution < 1.29 is 9.59 Å². The van der Waals surface area contributed by atoms with Crippen LogP contribution in [0.15, 0.2) is 41.8 Å². The van der Waals surface area contributed by atoms with Gasteiger partial charge in [-0.1, -0.05) is 29.8 Å². The molecule has 0 aliphatic carbocycles. The Labute approximate surface area is 168 Å². The van der Waals surface area contributed by atoms with Crippen LogP contribution in [-0.2, 0) is 11.3 Å².